The lowest BCUT2D eigenvalue weighted by molar-refractivity contribution is 0.528. The molecule has 1 N–H and O–H groups in total. The van der Waals surface area contributed by atoms with Gasteiger partial charge >= 0.3 is 0 Å². The van der Waals surface area contributed by atoms with Gasteiger partial charge in [0.05, 0.1) is 0 Å². The summed E-state index contributed by atoms with van der Waals surface area (Å²) in [6.45, 7) is 12.3. The minimum atomic E-state index is 0.492. The number of hydrogen-bond donors (Lipinski definition) is 1. The Morgan fingerprint density at radius 2 is 1.86 bits per heavy atom. The summed E-state index contributed by atoms with van der Waals surface area (Å²) in [4.78, 5) is 0. The monoisotopic (exact) mass is 193 g/mol. The fourth-order valence-corrected chi connectivity index (χ4v) is 2.11. The third-order valence-electron chi connectivity index (χ3n) is 3.22. The Morgan fingerprint density at radius 3 is 2.43 bits per heavy atom. The second-order valence-electron chi connectivity index (χ2n) is 4.47. The standard InChI is InChI=1S/C13H23N/c1-6-14-12(5)13-8-10(3)9(2)7-11(13)4/h7-10,12,14H,6H2,1-5H3. The lowest BCUT2D eigenvalue weighted by Crippen LogP contribution is -2.30. The molecule has 1 rings (SSSR count). The van der Waals surface area contributed by atoms with E-state index in [2.05, 4.69) is 52.1 Å². The lowest BCUT2D eigenvalue weighted by Gasteiger charge is -2.26. The Balaban J connectivity index is 2.78. The van der Waals surface area contributed by atoms with Crippen LogP contribution in [0.3, 0.4) is 0 Å². The summed E-state index contributed by atoms with van der Waals surface area (Å²) in [6, 6.07) is 0.492. The first-order valence-electron chi connectivity index (χ1n) is 5.70. The predicted molar refractivity (Wildman–Crippen MR) is 63.3 cm³/mol. The van der Waals surface area contributed by atoms with Gasteiger partial charge in [-0.05, 0) is 37.8 Å². The molecule has 0 aromatic heterocycles. The van der Waals surface area contributed by atoms with Crippen LogP contribution in [0.15, 0.2) is 23.3 Å². The Kier molecular flexibility index (Phi) is 3.94. The molecule has 0 aromatic carbocycles. The first kappa shape index (κ1) is 11.5. The summed E-state index contributed by atoms with van der Waals surface area (Å²) >= 11 is 0. The number of likely N-dealkylation sites (N-methyl/N-ethyl adjacent to an activating group) is 1. The zero-order valence-corrected chi connectivity index (χ0v) is 10.1. The molecule has 0 aliphatic heterocycles. The summed E-state index contributed by atoms with van der Waals surface area (Å²) in [5, 5.41) is 3.47. The van der Waals surface area contributed by atoms with Crippen molar-refractivity contribution in [3.63, 3.8) is 0 Å². The molecule has 0 spiro atoms. The fraction of sp³-hybridized carbons (Fsp3) is 0.692. The van der Waals surface area contributed by atoms with Gasteiger partial charge < -0.3 is 5.32 Å². The van der Waals surface area contributed by atoms with E-state index in [4.69, 9.17) is 0 Å². The summed E-state index contributed by atoms with van der Waals surface area (Å²) in [5.41, 5.74) is 2.93. The number of rotatable bonds is 3. The van der Waals surface area contributed by atoms with Crippen LogP contribution < -0.4 is 5.32 Å². The molecule has 0 bridgehead atoms. The maximum atomic E-state index is 3.47. The maximum absolute atomic E-state index is 3.47. The number of hydrogen-bond acceptors (Lipinski definition) is 1. The first-order chi connectivity index (χ1) is 6.56. The van der Waals surface area contributed by atoms with Crippen LogP contribution in [0.5, 0.6) is 0 Å². The fourth-order valence-electron chi connectivity index (χ4n) is 2.11. The topological polar surface area (TPSA) is 12.0 Å². The SMILES string of the molecule is CCNC(C)C1=CC(C)C(C)C=C1C. The van der Waals surface area contributed by atoms with E-state index < -0.39 is 0 Å². The number of nitrogens with one attached hydrogen (secondary N) is 1. The second-order valence-corrected chi connectivity index (χ2v) is 4.47. The summed E-state index contributed by atoms with van der Waals surface area (Å²) in [5.74, 6) is 1.36. The van der Waals surface area contributed by atoms with E-state index in [1.807, 2.05) is 0 Å². The minimum Gasteiger partial charge on any atom is -0.310 e. The van der Waals surface area contributed by atoms with Crippen molar-refractivity contribution < 1.29 is 0 Å². The highest BCUT2D eigenvalue weighted by Gasteiger charge is 2.18. The van der Waals surface area contributed by atoms with Gasteiger partial charge in [-0.3, -0.25) is 0 Å². The van der Waals surface area contributed by atoms with E-state index in [0.717, 1.165) is 6.54 Å². The van der Waals surface area contributed by atoms with Crippen LogP contribution in [0.1, 0.15) is 34.6 Å². The molecule has 0 fully saturated rings. The molecule has 0 aromatic rings. The Labute approximate surface area is 88.3 Å². The molecule has 1 aliphatic carbocycles. The van der Waals surface area contributed by atoms with Crippen LogP contribution >= 0.6 is 0 Å². The highest BCUT2D eigenvalue weighted by Crippen LogP contribution is 2.28. The van der Waals surface area contributed by atoms with E-state index >= 15 is 0 Å². The molecule has 14 heavy (non-hydrogen) atoms. The van der Waals surface area contributed by atoms with Crippen molar-refractivity contribution in [3.8, 4) is 0 Å². The van der Waals surface area contributed by atoms with Gasteiger partial charge in [0.25, 0.3) is 0 Å². The van der Waals surface area contributed by atoms with Gasteiger partial charge in [0.2, 0.25) is 0 Å². The van der Waals surface area contributed by atoms with Gasteiger partial charge in [0, 0.05) is 6.04 Å². The molecule has 1 aliphatic rings. The highest BCUT2D eigenvalue weighted by atomic mass is 14.9. The van der Waals surface area contributed by atoms with Gasteiger partial charge in [0.15, 0.2) is 0 Å². The van der Waals surface area contributed by atoms with Gasteiger partial charge in [-0.25, -0.2) is 0 Å². The van der Waals surface area contributed by atoms with Crippen LogP contribution in [0.2, 0.25) is 0 Å². The van der Waals surface area contributed by atoms with Gasteiger partial charge in [-0.2, -0.15) is 0 Å². The Hall–Kier alpha value is -0.560. The van der Waals surface area contributed by atoms with Crippen LogP contribution in [0.4, 0.5) is 0 Å². The molecule has 0 heterocycles. The minimum absolute atomic E-state index is 0.492. The van der Waals surface area contributed by atoms with Crippen molar-refractivity contribution in [1.29, 1.82) is 0 Å². The summed E-state index contributed by atoms with van der Waals surface area (Å²) in [6.07, 6.45) is 4.82. The van der Waals surface area contributed by atoms with E-state index in [0.29, 0.717) is 17.9 Å². The third kappa shape index (κ3) is 2.48. The Bertz CT molecular complexity index is 250. The molecule has 1 nitrogen and oxygen atoms in total. The predicted octanol–water partition coefficient (Wildman–Crippen LogP) is 3.14. The normalized spacial score (nSPS) is 29.5. The average Bonchev–Trinajstić information content (AvgIpc) is 2.11. The van der Waals surface area contributed by atoms with E-state index in [9.17, 15) is 0 Å². The van der Waals surface area contributed by atoms with Crippen molar-refractivity contribution in [2.45, 2.75) is 40.7 Å². The van der Waals surface area contributed by atoms with Crippen LogP contribution in [-0.4, -0.2) is 12.6 Å². The number of allylic oxidation sites excluding steroid dienone is 2. The molecule has 3 atom stereocenters. The maximum Gasteiger partial charge on any atom is 0.0291 e. The molecule has 0 radical (unpaired) electrons. The smallest absolute Gasteiger partial charge is 0.0291 e. The lowest BCUT2D eigenvalue weighted by atomic mass is 9.82. The van der Waals surface area contributed by atoms with Crippen molar-refractivity contribution >= 4 is 0 Å². The first-order valence-corrected chi connectivity index (χ1v) is 5.70. The van der Waals surface area contributed by atoms with E-state index in [1.54, 1.807) is 0 Å². The van der Waals surface area contributed by atoms with Gasteiger partial charge in [0.1, 0.15) is 0 Å². The Morgan fingerprint density at radius 1 is 1.29 bits per heavy atom. The zero-order valence-electron chi connectivity index (χ0n) is 10.1. The molecular formula is C13H23N. The van der Waals surface area contributed by atoms with E-state index in [-0.39, 0.29) is 0 Å². The molecule has 0 amide bonds. The van der Waals surface area contributed by atoms with Crippen molar-refractivity contribution in [3.05, 3.63) is 23.3 Å². The quantitative estimate of drug-likeness (QED) is 0.726. The van der Waals surface area contributed by atoms with Crippen LogP contribution in [0.25, 0.3) is 0 Å². The van der Waals surface area contributed by atoms with Crippen LogP contribution in [0, 0.1) is 11.8 Å². The average molecular weight is 193 g/mol. The van der Waals surface area contributed by atoms with Crippen LogP contribution in [-0.2, 0) is 0 Å². The largest absolute Gasteiger partial charge is 0.310 e. The van der Waals surface area contributed by atoms with Crippen molar-refractivity contribution in [2.75, 3.05) is 6.54 Å². The summed E-state index contributed by atoms with van der Waals surface area (Å²) < 4.78 is 0. The molecular weight excluding hydrogens is 170 g/mol. The highest BCUT2D eigenvalue weighted by molar-refractivity contribution is 5.37. The van der Waals surface area contributed by atoms with Gasteiger partial charge in [-0.15, -0.1) is 0 Å². The van der Waals surface area contributed by atoms with Crippen molar-refractivity contribution in [2.24, 2.45) is 11.8 Å². The second kappa shape index (κ2) is 4.79. The summed E-state index contributed by atoms with van der Waals surface area (Å²) in [7, 11) is 0. The van der Waals surface area contributed by atoms with Gasteiger partial charge in [-0.1, -0.05) is 38.5 Å². The molecule has 80 valence electrons. The van der Waals surface area contributed by atoms with E-state index in [1.165, 1.54) is 11.1 Å². The molecule has 3 unspecified atom stereocenters. The van der Waals surface area contributed by atoms with Crippen molar-refractivity contribution in [1.82, 2.24) is 5.32 Å². The third-order valence-corrected chi connectivity index (χ3v) is 3.22. The molecule has 0 saturated carbocycles. The molecule has 1 heteroatoms. The molecule has 0 saturated heterocycles. The zero-order chi connectivity index (χ0) is 10.7.